The second-order valence-electron chi connectivity index (χ2n) is 6.02. The van der Waals surface area contributed by atoms with Crippen LogP contribution in [0.25, 0.3) is 0 Å². The molecule has 6 nitrogen and oxygen atoms in total. The highest BCUT2D eigenvalue weighted by atomic mass is 28.4. The molecule has 0 bridgehead atoms. The van der Waals surface area contributed by atoms with Crippen molar-refractivity contribution in [3.63, 3.8) is 0 Å². The Morgan fingerprint density at radius 2 is 0.962 bits per heavy atom. The predicted molar refractivity (Wildman–Crippen MR) is 106 cm³/mol. The Balaban J connectivity index is 3.39. The molecular weight excluding hydrogens is 368 g/mol. The van der Waals surface area contributed by atoms with Crippen LogP contribution in [0.2, 0.25) is 0 Å². The van der Waals surface area contributed by atoms with Crippen molar-refractivity contribution in [2.45, 2.75) is 37.8 Å². The van der Waals surface area contributed by atoms with Crippen LogP contribution in [-0.2, 0) is 26.6 Å². The molecule has 0 amide bonds. The van der Waals surface area contributed by atoms with Crippen molar-refractivity contribution in [3.8, 4) is 0 Å². The molecule has 2 atom stereocenters. The minimum atomic E-state index is -2.81. The second-order valence-corrected chi connectivity index (χ2v) is 12.3. The Hall–Kier alpha value is -0.586. The Labute approximate surface area is 160 Å². The van der Waals surface area contributed by atoms with E-state index in [1.54, 1.807) is 42.7 Å². The van der Waals surface area contributed by atoms with Crippen molar-refractivity contribution in [3.05, 3.63) is 35.4 Å². The average Bonchev–Trinajstić information content (AvgIpc) is 2.70. The predicted octanol–water partition coefficient (Wildman–Crippen LogP) is 3.51. The SMILES string of the molecule is CC[C@H](c1cccc([C@@H](CC)[Si](OC)(OC)OC)c1)[Si](OC)(OC)OC. The number of hydrogen-bond acceptors (Lipinski definition) is 6. The number of hydrogen-bond donors (Lipinski definition) is 0. The Morgan fingerprint density at radius 1 is 0.654 bits per heavy atom. The van der Waals surface area contributed by atoms with E-state index in [0.29, 0.717) is 0 Å². The highest BCUT2D eigenvalue weighted by Crippen LogP contribution is 2.36. The van der Waals surface area contributed by atoms with Gasteiger partial charge in [0.05, 0.1) is 11.1 Å². The molecule has 0 aliphatic heterocycles. The summed E-state index contributed by atoms with van der Waals surface area (Å²) in [4.78, 5) is 0. The molecular formula is C18H34O6Si2. The van der Waals surface area contributed by atoms with Crippen LogP contribution in [0.3, 0.4) is 0 Å². The van der Waals surface area contributed by atoms with Gasteiger partial charge in [-0.3, -0.25) is 0 Å². The summed E-state index contributed by atoms with van der Waals surface area (Å²) in [5, 5.41) is 0. The normalized spacial score (nSPS) is 15.1. The van der Waals surface area contributed by atoms with Crippen LogP contribution in [0.4, 0.5) is 0 Å². The van der Waals surface area contributed by atoms with Crippen LogP contribution in [0.15, 0.2) is 24.3 Å². The van der Waals surface area contributed by atoms with Crippen molar-refractivity contribution >= 4 is 17.6 Å². The van der Waals surface area contributed by atoms with Gasteiger partial charge in [0.15, 0.2) is 0 Å². The zero-order valence-corrected chi connectivity index (χ0v) is 19.3. The van der Waals surface area contributed by atoms with Crippen molar-refractivity contribution in [1.29, 1.82) is 0 Å². The highest BCUT2D eigenvalue weighted by molar-refractivity contribution is 6.63. The van der Waals surface area contributed by atoms with E-state index in [0.717, 1.165) is 24.0 Å². The standard InChI is InChI=1S/C18H34O6Si2/c1-9-17(25(19-3,20-4)21-5)15-12-11-13-16(14-15)18(10-2)26(22-6,23-7)24-8/h11-14,17-18H,9-10H2,1-8H3/t17-,18-/m1/s1. The third kappa shape index (κ3) is 4.45. The van der Waals surface area contributed by atoms with Gasteiger partial charge in [0.1, 0.15) is 0 Å². The Bertz CT molecular complexity index is 474. The van der Waals surface area contributed by atoms with E-state index in [1.165, 1.54) is 0 Å². The summed E-state index contributed by atoms with van der Waals surface area (Å²) in [5.74, 6) is 0. The van der Waals surface area contributed by atoms with Crippen molar-refractivity contribution in [1.82, 2.24) is 0 Å². The Morgan fingerprint density at radius 3 is 1.19 bits per heavy atom. The highest BCUT2D eigenvalue weighted by Gasteiger charge is 2.49. The maximum absolute atomic E-state index is 5.73. The molecule has 0 unspecified atom stereocenters. The van der Waals surface area contributed by atoms with Crippen LogP contribution in [-0.4, -0.2) is 60.3 Å². The summed E-state index contributed by atoms with van der Waals surface area (Å²) in [7, 11) is 4.29. The van der Waals surface area contributed by atoms with Gasteiger partial charge in [-0.05, 0) is 24.0 Å². The monoisotopic (exact) mass is 402 g/mol. The lowest BCUT2D eigenvalue weighted by atomic mass is 10.0. The van der Waals surface area contributed by atoms with Gasteiger partial charge >= 0.3 is 17.6 Å². The minimum absolute atomic E-state index is 0.0451. The topological polar surface area (TPSA) is 55.4 Å². The van der Waals surface area contributed by atoms with Crippen LogP contribution >= 0.6 is 0 Å². The molecule has 0 radical (unpaired) electrons. The van der Waals surface area contributed by atoms with Gasteiger partial charge in [0.25, 0.3) is 0 Å². The summed E-state index contributed by atoms with van der Waals surface area (Å²) in [5.41, 5.74) is 2.35. The molecule has 0 aliphatic carbocycles. The van der Waals surface area contributed by atoms with Gasteiger partial charge in [-0.1, -0.05) is 38.1 Å². The Kier molecular flexibility index (Phi) is 9.63. The molecule has 0 saturated heterocycles. The molecule has 8 heteroatoms. The second kappa shape index (κ2) is 10.7. The molecule has 26 heavy (non-hydrogen) atoms. The fraction of sp³-hybridized carbons (Fsp3) is 0.667. The molecule has 0 spiro atoms. The van der Waals surface area contributed by atoms with Gasteiger partial charge in [-0.25, -0.2) is 0 Å². The van der Waals surface area contributed by atoms with E-state index in [2.05, 4.69) is 38.1 Å². The lowest BCUT2D eigenvalue weighted by molar-refractivity contribution is 0.111. The van der Waals surface area contributed by atoms with Gasteiger partial charge in [0.2, 0.25) is 0 Å². The fourth-order valence-electron chi connectivity index (χ4n) is 3.73. The maximum atomic E-state index is 5.73. The molecule has 1 rings (SSSR count). The zero-order valence-electron chi connectivity index (χ0n) is 17.3. The lowest BCUT2D eigenvalue weighted by Gasteiger charge is -2.34. The molecule has 0 N–H and O–H groups in total. The van der Waals surface area contributed by atoms with E-state index in [4.69, 9.17) is 26.6 Å². The average molecular weight is 403 g/mol. The first kappa shape index (κ1) is 23.5. The van der Waals surface area contributed by atoms with E-state index in [1.807, 2.05) is 0 Å². The van der Waals surface area contributed by atoms with E-state index < -0.39 is 17.6 Å². The van der Waals surface area contributed by atoms with E-state index >= 15 is 0 Å². The summed E-state index contributed by atoms with van der Waals surface area (Å²) < 4.78 is 34.4. The first-order valence-corrected chi connectivity index (χ1v) is 12.5. The zero-order chi connectivity index (χ0) is 19.8. The molecule has 0 fully saturated rings. The molecule has 0 heterocycles. The fourth-order valence-corrected chi connectivity index (χ4v) is 8.61. The minimum Gasteiger partial charge on any atom is -0.376 e. The first-order valence-electron chi connectivity index (χ1n) is 8.88. The van der Waals surface area contributed by atoms with Crippen LogP contribution in [0.1, 0.15) is 48.9 Å². The quantitative estimate of drug-likeness (QED) is 0.499. The molecule has 0 aromatic heterocycles. The van der Waals surface area contributed by atoms with Crippen LogP contribution in [0, 0.1) is 0 Å². The van der Waals surface area contributed by atoms with Crippen LogP contribution in [0.5, 0.6) is 0 Å². The molecule has 1 aromatic carbocycles. The summed E-state index contributed by atoms with van der Waals surface area (Å²) in [6, 6.07) is 8.42. The maximum Gasteiger partial charge on any atom is 0.508 e. The molecule has 0 saturated carbocycles. The largest absolute Gasteiger partial charge is 0.508 e. The van der Waals surface area contributed by atoms with Gasteiger partial charge in [-0.2, -0.15) is 0 Å². The van der Waals surface area contributed by atoms with E-state index in [-0.39, 0.29) is 11.1 Å². The smallest absolute Gasteiger partial charge is 0.376 e. The van der Waals surface area contributed by atoms with Crippen molar-refractivity contribution in [2.24, 2.45) is 0 Å². The van der Waals surface area contributed by atoms with Crippen molar-refractivity contribution < 1.29 is 26.6 Å². The molecule has 150 valence electrons. The number of benzene rings is 1. The van der Waals surface area contributed by atoms with Crippen molar-refractivity contribution in [2.75, 3.05) is 42.7 Å². The first-order chi connectivity index (χ1) is 12.5. The third-order valence-corrected chi connectivity index (χ3v) is 11.7. The summed E-state index contributed by atoms with van der Waals surface area (Å²) in [6.45, 7) is 4.23. The van der Waals surface area contributed by atoms with E-state index in [9.17, 15) is 0 Å². The van der Waals surface area contributed by atoms with Gasteiger partial charge in [0, 0.05) is 42.7 Å². The summed E-state index contributed by atoms with van der Waals surface area (Å²) in [6.07, 6.45) is 1.70. The molecule has 0 aliphatic rings. The lowest BCUT2D eigenvalue weighted by Crippen LogP contribution is -2.50. The van der Waals surface area contributed by atoms with Gasteiger partial charge in [-0.15, -0.1) is 0 Å². The van der Waals surface area contributed by atoms with Gasteiger partial charge < -0.3 is 26.6 Å². The molecule has 1 aromatic rings. The number of rotatable bonds is 12. The third-order valence-electron chi connectivity index (χ3n) is 5.09. The van der Waals surface area contributed by atoms with Crippen LogP contribution < -0.4 is 0 Å². The summed E-state index contributed by atoms with van der Waals surface area (Å²) >= 11 is 0.